The Labute approximate surface area is 80.8 Å². The molecule has 0 aliphatic carbocycles. The van der Waals surface area contributed by atoms with E-state index in [1.165, 1.54) is 10.5 Å². The normalized spacial score (nSPS) is 15.3. The molecule has 2 heterocycles. The SMILES string of the molecule is CC1=Cc2ncc(Cl)cc2SC1. The van der Waals surface area contributed by atoms with E-state index in [2.05, 4.69) is 18.0 Å². The van der Waals surface area contributed by atoms with Gasteiger partial charge in [0.15, 0.2) is 0 Å². The second kappa shape index (κ2) is 3.11. The third-order valence-corrected chi connectivity index (χ3v) is 3.13. The number of thioether (sulfide) groups is 1. The Morgan fingerprint density at radius 3 is 3.25 bits per heavy atom. The van der Waals surface area contributed by atoms with Crippen molar-refractivity contribution in [2.24, 2.45) is 0 Å². The minimum atomic E-state index is 0.717. The molecule has 0 unspecified atom stereocenters. The lowest BCUT2D eigenvalue weighted by atomic mass is 10.2. The van der Waals surface area contributed by atoms with Crippen molar-refractivity contribution in [2.75, 3.05) is 5.75 Å². The Morgan fingerprint density at radius 1 is 1.58 bits per heavy atom. The summed E-state index contributed by atoms with van der Waals surface area (Å²) in [6.07, 6.45) is 3.80. The molecular weight excluding hydrogens is 190 g/mol. The van der Waals surface area contributed by atoms with Crippen LogP contribution in [0, 0.1) is 0 Å². The van der Waals surface area contributed by atoms with E-state index in [0.717, 1.165) is 11.4 Å². The predicted octanol–water partition coefficient (Wildman–Crippen LogP) is 3.24. The maximum atomic E-state index is 5.82. The largest absolute Gasteiger partial charge is 0.254 e. The summed E-state index contributed by atoms with van der Waals surface area (Å²) in [5.41, 5.74) is 2.41. The van der Waals surface area contributed by atoms with E-state index in [4.69, 9.17) is 11.6 Å². The fourth-order valence-electron chi connectivity index (χ4n) is 1.12. The zero-order valence-corrected chi connectivity index (χ0v) is 8.25. The Morgan fingerprint density at radius 2 is 2.42 bits per heavy atom. The molecule has 62 valence electrons. The number of halogens is 1. The molecule has 0 saturated heterocycles. The van der Waals surface area contributed by atoms with E-state index in [1.54, 1.807) is 18.0 Å². The third-order valence-electron chi connectivity index (χ3n) is 1.69. The van der Waals surface area contributed by atoms with Gasteiger partial charge >= 0.3 is 0 Å². The second-order valence-corrected chi connectivity index (χ2v) is 4.27. The maximum absolute atomic E-state index is 5.82. The van der Waals surface area contributed by atoms with E-state index in [1.807, 2.05) is 6.07 Å². The lowest BCUT2D eigenvalue weighted by molar-refractivity contribution is 1.18. The molecule has 1 aromatic rings. The number of fused-ring (bicyclic) bond motifs is 1. The van der Waals surface area contributed by atoms with Gasteiger partial charge in [-0.2, -0.15) is 0 Å². The Bertz CT molecular complexity index is 346. The van der Waals surface area contributed by atoms with Crippen molar-refractivity contribution < 1.29 is 0 Å². The molecule has 0 atom stereocenters. The average molecular weight is 198 g/mol. The summed E-state index contributed by atoms with van der Waals surface area (Å²) < 4.78 is 0. The molecule has 0 aromatic carbocycles. The van der Waals surface area contributed by atoms with Crippen molar-refractivity contribution in [3.8, 4) is 0 Å². The topological polar surface area (TPSA) is 12.9 Å². The van der Waals surface area contributed by atoms with Crippen LogP contribution < -0.4 is 0 Å². The van der Waals surface area contributed by atoms with Crippen molar-refractivity contribution in [1.82, 2.24) is 4.98 Å². The van der Waals surface area contributed by atoms with E-state index < -0.39 is 0 Å². The molecule has 12 heavy (non-hydrogen) atoms. The Kier molecular flexibility index (Phi) is 2.11. The highest BCUT2D eigenvalue weighted by atomic mass is 35.5. The van der Waals surface area contributed by atoms with Gasteiger partial charge in [-0.15, -0.1) is 11.8 Å². The first-order valence-electron chi connectivity index (χ1n) is 3.71. The molecule has 1 aromatic heterocycles. The van der Waals surface area contributed by atoms with Crippen LogP contribution in [0.4, 0.5) is 0 Å². The molecule has 0 spiro atoms. The second-order valence-electron chi connectivity index (χ2n) is 2.82. The fourth-order valence-corrected chi connectivity index (χ4v) is 2.28. The predicted molar refractivity (Wildman–Crippen MR) is 53.6 cm³/mol. The summed E-state index contributed by atoms with van der Waals surface area (Å²) in [5, 5.41) is 0.717. The van der Waals surface area contributed by atoms with E-state index in [9.17, 15) is 0 Å². The molecule has 0 bridgehead atoms. The van der Waals surface area contributed by atoms with Gasteiger partial charge in [-0.05, 0) is 19.1 Å². The van der Waals surface area contributed by atoms with Crippen molar-refractivity contribution in [3.63, 3.8) is 0 Å². The van der Waals surface area contributed by atoms with Crippen molar-refractivity contribution >= 4 is 29.4 Å². The summed E-state index contributed by atoms with van der Waals surface area (Å²) in [7, 11) is 0. The monoisotopic (exact) mass is 197 g/mol. The van der Waals surface area contributed by atoms with Gasteiger partial charge in [0, 0.05) is 16.8 Å². The fraction of sp³-hybridized carbons (Fsp3) is 0.222. The zero-order chi connectivity index (χ0) is 8.55. The molecule has 0 N–H and O–H groups in total. The van der Waals surface area contributed by atoms with Crippen LogP contribution in [0.1, 0.15) is 12.6 Å². The Balaban J connectivity index is 2.51. The number of rotatable bonds is 0. The maximum Gasteiger partial charge on any atom is 0.0766 e. The van der Waals surface area contributed by atoms with Crippen LogP contribution in [-0.4, -0.2) is 10.7 Å². The van der Waals surface area contributed by atoms with Crippen molar-refractivity contribution in [3.05, 3.63) is 28.6 Å². The van der Waals surface area contributed by atoms with Gasteiger partial charge in [-0.3, -0.25) is 4.98 Å². The van der Waals surface area contributed by atoms with Crippen LogP contribution in [-0.2, 0) is 0 Å². The van der Waals surface area contributed by atoms with E-state index >= 15 is 0 Å². The highest BCUT2D eigenvalue weighted by Gasteiger charge is 2.09. The summed E-state index contributed by atoms with van der Waals surface area (Å²) in [6.45, 7) is 2.12. The summed E-state index contributed by atoms with van der Waals surface area (Å²) >= 11 is 7.61. The highest BCUT2D eigenvalue weighted by molar-refractivity contribution is 7.99. The van der Waals surface area contributed by atoms with Gasteiger partial charge in [0.25, 0.3) is 0 Å². The molecule has 0 amide bonds. The number of hydrogen-bond acceptors (Lipinski definition) is 2. The molecule has 2 rings (SSSR count). The van der Waals surface area contributed by atoms with Crippen molar-refractivity contribution in [1.29, 1.82) is 0 Å². The minimum absolute atomic E-state index is 0.717. The lowest BCUT2D eigenvalue weighted by Crippen LogP contribution is -1.94. The van der Waals surface area contributed by atoms with Crippen LogP contribution in [0.5, 0.6) is 0 Å². The van der Waals surface area contributed by atoms with Gasteiger partial charge < -0.3 is 0 Å². The van der Waals surface area contributed by atoms with Gasteiger partial charge in [-0.1, -0.05) is 17.2 Å². The van der Waals surface area contributed by atoms with E-state index in [0.29, 0.717) is 5.02 Å². The third kappa shape index (κ3) is 1.50. The van der Waals surface area contributed by atoms with Crippen LogP contribution in [0.2, 0.25) is 5.02 Å². The molecular formula is C9H8ClNS. The Hall–Kier alpha value is -0.470. The first-order valence-corrected chi connectivity index (χ1v) is 5.07. The first kappa shape index (κ1) is 8.14. The van der Waals surface area contributed by atoms with Gasteiger partial charge in [0.1, 0.15) is 0 Å². The number of pyridine rings is 1. The van der Waals surface area contributed by atoms with Crippen LogP contribution >= 0.6 is 23.4 Å². The van der Waals surface area contributed by atoms with Crippen LogP contribution in [0.15, 0.2) is 22.7 Å². The number of aromatic nitrogens is 1. The van der Waals surface area contributed by atoms with Crippen molar-refractivity contribution in [2.45, 2.75) is 11.8 Å². The molecule has 1 aliphatic heterocycles. The summed E-state index contributed by atoms with van der Waals surface area (Å²) in [4.78, 5) is 5.43. The van der Waals surface area contributed by atoms with Crippen LogP contribution in [0.3, 0.4) is 0 Å². The minimum Gasteiger partial charge on any atom is -0.254 e. The molecule has 1 nitrogen and oxygen atoms in total. The highest BCUT2D eigenvalue weighted by Crippen LogP contribution is 2.31. The molecule has 1 aliphatic rings. The zero-order valence-electron chi connectivity index (χ0n) is 6.67. The molecule has 3 heteroatoms. The first-order chi connectivity index (χ1) is 5.75. The molecule has 0 radical (unpaired) electrons. The molecule has 0 saturated carbocycles. The van der Waals surface area contributed by atoms with Crippen LogP contribution in [0.25, 0.3) is 6.08 Å². The van der Waals surface area contributed by atoms with E-state index in [-0.39, 0.29) is 0 Å². The summed E-state index contributed by atoms with van der Waals surface area (Å²) in [6, 6.07) is 1.97. The average Bonchev–Trinajstić information content (AvgIpc) is 2.05. The number of hydrogen-bond donors (Lipinski definition) is 0. The molecule has 0 fully saturated rings. The quantitative estimate of drug-likeness (QED) is 0.634. The standard InChI is InChI=1S/C9H8ClNS/c1-6-2-8-9(12-5-6)3-7(10)4-11-8/h2-4H,5H2,1H3. The van der Waals surface area contributed by atoms with Gasteiger partial charge in [-0.25, -0.2) is 0 Å². The van der Waals surface area contributed by atoms with Gasteiger partial charge in [0.05, 0.1) is 10.7 Å². The number of nitrogens with zero attached hydrogens (tertiary/aromatic N) is 1. The summed E-state index contributed by atoms with van der Waals surface area (Å²) in [5.74, 6) is 1.05. The smallest absolute Gasteiger partial charge is 0.0766 e. The van der Waals surface area contributed by atoms with Gasteiger partial charge in [0.2, 0.25) is 0 Å². The lowest BCUT2D eigenvalue weighted by Gasteiger charge is -2.11.